The van der Waals surface area contributed by atoms with Gasteiger partial charge in [-0.2, -0.15) is 0 Å². The van der Waals surface area contributed by atoms with E-state index in [1.165, 1.54) is 42.4 Å². The molecule has 0 heterocycles. The Labute approximate surface area is 190 Å². The van der Waals surface area contributed by atoms with Crippen LogP contribution < -0.4 is 0 Å². The second-order valence-electron chi connectivity index (χ2n) is 9.86. The lowest BCUT2D eigenvalue weighted by molar-refractivity contribution is 0.166. The van der Waals surface area contributed by atoms with Gasteiger partial charge < -0.3 is 15.3 Å². The number of phenolic OH excluding ortho intramolecular Hbond substituents is 3. The van der Waals surface area contributed by atoms with Gasteiger partial charge in [0, 0.05) is 5.41 Å². The third kappa shape index (κ3) is 3.54. The first-order chi connectivity index (χ1) is 15.5. The third-order valence-electron chi connectivity index (χ3n) is 8.40. The molecule has 3 N–H and O–H groups in total. The van der Waals surface area contributed by atoms with Gasteiger partial charge in [0.05, 0.1) is 0 Å². The molecule has 0 radical (unpaired) electrons. The topological polar surface area (TPSA) is 60.7 Å². The number of hydrogen-bond acceptors (Lipinski definition) is 3. The van der Waals surface area contributed by atoms with Crippen molar-refractivity contribution in [3.8, 4) is 17.2 Å². The molecular formula is C29H32O3. The van der Waals surface area contributed by atoms with Crippen LogP contribution in [0.25, 0.3) is 0 Å². The van der Waals surface area contributed by atoms with E-state index in [-0.39, 0.29) is 10.8 Å². The van der Waals surface area contributed by atoms with Crippen LogP contribution in [-0.4, -0.2) is 15.3 Å². The highest BCUT2D eigenvalue weighted by Gasteiger charge is 2.47. The molecule has 2 saturated carbocycles. The van der Waals surface area contributed by atoms with Crippen LogP contribution in [0.5, 0.6) is 17.2 Å². The Morgan fingerprint density at radius 1 is 0.500 bits per heavy atom. The lowest BCUT2D eigenvalue weighted by Crippen LogP contribution is -2.40. The fraction of sp³-hybridized carbons (Fsp3) is 0.379. The predicted molar refractivity (Wildman–Crippen MR) is 127 cm³/mol. The van der Waals surface area contributed by atoms with Gasteiger partial charge in [0.1, 0.15) is 17.2 Å². The first-order valence-electron chi connectivity index (χ1n) is 11.9. The van der Waals surface area contributed by atoms with Crippen LogP contribution in [0.3, 0.4) is 0 Å². The molecule has 3 aromatic carbocycles. The smallest absolute Gasteiger partial charge is 0.115 e. The average molecular weight is 429 g/mol. The molecule has 0 amide bonds. The maximum Gasteiger partial charge on any atom is 0.115 e. The summed E-state index contributed by atoms with van der Waals surface area (Å²) < 4.78 is 0. The fourth-order valence-electron chi connectivity index (χ4n) is 6.70. The van der Waals surface area contributed by atoms with Gasteiger partial charge in [-0.1, -0.05) is 49.2 Å². The standard InChI is InChI=1S/C29H32O3/c30-25-9-3-21(4-10-25)28(17-1-2-18-28)24-15-19-29(20-16-24,22-5-11-26(31)12-6-22)23-7-13-27(32)14-8-23/h3-14,24,30-32H,1-2,15-20H2. The first kappa shape index (κ1) is 20.9. The number of aromatic hydroxyl groups is 3. The molecule has 2 aliphatic carbocycles. The quantitative estimate of drug-likeness (QED) is 0.429. The molecule has 166 valence electrons. The van der Waals surface area contributed by atoms with Gasteiger partial charge in [0.15, 0.2) is 0 Å². The summed E-state index contributed by atoms with van der Waals surface area (Å²) in [4.78, 5) is 0. The first-order valence-corrected chi connectivity index (χ1v) is 11.9. The van der Waals surface area contributed by atoms with E-state index in [1.54, 1.807) is 24.3 Å². The van der Waals surface area contributed by atoms with E-state index in [0.29, 0.717) is 23.2 Å². The summed E-state index contributed by atoms with van der Waals surface area (Å²) in [6.45, 7) is 0. The Hall–Kier alpha value is -2.94. The van der Waals surface area contributed by atoms with Crippen molar-refractivity contribution in [3.63, 3.8) is 0 Å². The molecule has 32 heavy (non-hydrogen) atoms. The molecule has 0 atom stereocenters. The molecule has 0 aromatic heterocycles. The van der Waals surface area contributed by atoms with Gasteiger partial charge in [0.2, 0.25) is 0 Å². The minimum atomic E-state index is -0.105. The molecule has 3 nitrogen and oxygen atoms in total. The van der Waals surface area contributed by atoms with Crippen LogP contribution >= 0.6 is 0 Å². The van der Waals surface area contributed by atoms with Gasteiger partial charge in [0.25, 0.3) is 0 Å². The van der Waals surface area contributed by atoms with E-state index >= 15 is 0 Å². The van der Waals surface area contributed by atoms with E-state index in [2.05, 4.69) is 36.4 Å². The summed E-state index contributed by atoms with van der Waals surface area (Å²) >= 11 is 0. The van der Waals surface area contributed by atoms with Crippen molar-refractivity contribution in [1.29, 1.82) is 0 Å². The van der Waals surface area contributed by atoms with E-state index < -0.39 is 0 Å². The Morgan fingerprint density at radius 2 is 0.875 bits per heavy atom. The second-order valence-corrected chi connectivity index (χ2v) is 9.86. The fourth-order valence-corrected chi connectivity index (χ4v) is 6.70. The molecule has 0 unspecified atom stereocenters. The summed E-state index contributed by atoms with van der Waals surface area (Å²) in [7, 11) is 0. The molecule has 2 fully saturated rings. The maximum atomic E-state index is 9.86. The number of hydrogen-bond donors (Lipinski definition) is 3. The molecule has 0 aliphatic heterocycles. The molecule has 0 saturated heterocycles. The van der Waals surface area contributed by atoms with Crippen LogP contribution in [0.4, 0.5) is 0 Å². The van der Waals surface area contributed by atoms with E-state index in [4.69, 9.17) is 0 Å². The summed E-state index contributed by atoms with van der Waals surface area (Å²) in [5.41, 5.74) is 3.98. The van der Waals surface area contributed by atoms with E-state index in [0.717, 1.165) is 25.7 Å². The van der Waals surface area contributed by atoms with Gasteiger partial charge in [-0.3, -0.25) is 0 Å². The minimum Gasteiger partial charge on any atom is -0.508 e. The van der Waals surface area contributed by atoms with Crippen LogP contribution in [0.2, 0.25) is 0 Å². The number of phenols is 3. The Morgan fingerprint density at radius 3 is 1.28 bits per heavy atom. The Bertz CT molecular complexity index is 990. The normalized spacial score (nSPS) is 20.2. The van der Waals surface area contributed by atoms with Crippen LogP contribution in [0.1, 0.15) is 68.1 Å². The van der Waals surface area contributed by atoms with Gasteiger partial charge >= 0.3 is 0 Å². The predicted octanol–water partition coefficient (Wildman–Crippen LogP) is 6.79. The summed E-state index contributed by atoms with van der Waals surface area (Å²) in [6, 6.07) is 23.4. The van der Waals surface area contributed by atoms with E-state index in [1.807, 2.05) is 12.1 Å². The number of benzene rings is 3. The summed E-state index contributed by atoms with van der Waals surface area (Å²) in [6.07, 6.45) is 9.39. The monoisotopic (exact) mass is 428 g/mol. The summed E-state index contributed by atoms with van der Waals surface area (Å²) in [5, 5.41) is 29.5. The van der Waals surface area contributed by atoms with Crippen molar-refractivity contribution in [3.05, 3.63) is 89.5 Å². The highest BCUT2D eigenvalue weighted by atomic mass is 16.3. The van der Waals surface area contributed by atoms with Gasteiger partial charge in [-0.25, -0.2) is 0 Å². The van der Waals surface area contributed by atoms with Crippen molar-refractivity contribution < 1.29 is 15.3 Å². The van der Waals surface area contributed by atoms with Crippen molar-refractivity contribution in [1.82, 2.24) is 0 Å². The molecule has 3 heteroatoms. The zero-order valence-electron chi connectivity index (χ0n) is 18.5. The molecule has 5 rings (SSSR count). The SMILES string of the molecule is Oc1ccc(C2(c3ccc(O)cc3)CCC(C3(c4ccc(O)cc4)CCCC3)CC2)cc1. The lowest BCUT2D eigenvalue weighted by Gasteiger charge is -2.47. The molecule has 3 aromatic rings. The zero-order chi connectivity index (χ0) is 22.2. The highest BCUT2D eigenvalue weighted by Crippen LogP contribution is 2.56. The van der Waals surface area contributed by atoms with E-state index in [9.17, 15) is 15.3 Å². The maximum absolute atomic E-state index is 9.86. The Balaban J connectivity index is 1.49. The second kappa shape index (κ2) is 8.20. The molecule has 0 bridgehead atoms. The van der Waals surface area contributed by atoms with Crippen molar-refractivity contribution in [2.75, 3.05) is 0 Å². The van der Waals surface area contributed by atoms with Crippen molar-refractivity contribution in [2.24, 2.45) is 5.92 Å². The van der Waals surface area contributed by atoms with Gasteiger partial charge in [-0.15, -0.1) is 0 Å². The van der Waals surface area contributed by atoms with Crippen LogP contribution in [-0.2, 0) is 10.8 Å². The van der Waals surface area contributed by atoms with Crippen molar-refractivity contribution >= 4 is 0 Å². The summed E-state index contributed by atoms with van der Waals surface area (Å²) in [5.74, 6) is 1.54. The average Bonchev–Trinajstić information content (AvgIpc) is 3.32. The largest absolute Gasteiger partial charge is 0.508 e. The van der Waals surface area contributed by atoms with Gasteiger partial charge in [-0.05, 0) is 103 Å². The van der Waals surface area contributed by atoms with Crippen LogP contribution in [0.15, 0.2) is 72.8 Å². The Kier molecular flexibility index (Phi) is 5.36. The third-order valence-corrected chi connectivity index (χ3v) is 8.40. The molecule has 0 spiro atoms. The highest BCUT2D eigenvalue weighted by molar-refractivity contribution is 5.44. The van der Waals surface area contributed by atoms with Crippen LogP contribution in [0, 0.1) is 5.92 Å². The zero-order valence-corrected chi connectivity index (χ0v) is 18.5. The van der Waals surface area contributed by atoms with Crippen molar-refractivity contribution in [2.45, 2.75) is 62.2 Å². The number of rotatable bonds is 4. The molecular weight excluding hydrogens is 396 g/mol. The minimum absolute atomic E-state index is 0.105. The lowest BCUT2D eigenvalue weighted by atomic mass is 9.56. The molecule has 2 aliphatic rings.